The number of hydrogen-bond acceptors (Lipinski definition) is 6. The summed E-state index contributed by atoms with van der Waals surface area (Å²) in [5, 5.41) is 6.95. The zero-order valence-electron chi connectivity index (χ0n) is 14.6. The molecule has 6 nitrogen and oxygen atoms in total. The minimum Gasteiger partial charge on any atom is -0.399 e. The standard InChI is InChI=1S/C18H29N5O/c1-3-24-15-9-7-14(8-10-15)21-17-16(12(2)19)11-20-18(23-17)22-13-5-4-6-13/h11,13-15H,2-10,19H2,1H3,(H2,20,21,22,23). The second-order valence-corrected chi connectivity index (χ2v) is 6.83. The van der Waals surface area contributed by atoms with Gasteiger partial charge in [0, 0.05) is 30.6 Å². The molecule has 0 bridgehead atoms. The first-order valence-electron chi connectivity index (χ1n) is 9.12. The molecule has 4 N–H and O–H groups in total. The van der Waals surface area contributed by atoms with Gasteiger partial charge in [0.2, 0.25) is 5.95 Å². The van der Waals surface area contributed by atoms with Crippen LogP contribution >= 0.6 is 0 Å². The summed E-state index contributed by atoms with van der Waals surface area (Å²) in [7, 11) is 0. The van der Waals surface area contributed by atoms with Crippen LogP contribution in [0.1, 0.15) is 57.4 Å². The Kier molecular flexibility index (Phi) is 5.56. The molecule has 0 atom stereocenters. The van der Waals surface area contributed by atoms with Gasteiger partial charge in [0.15, 0.2) is 0 Å². The third kappa shape index (κ3) is 4.17. The highest BCUT2D eigenvalue weighted by molar-refractivity contribution is 5.70. The number of anilines is 2. The lowest BCUT2D eigenvalue weighted by Crippen LogP contribution is -2.31. The Hall–Kier alpha value is -1.82. The maximum atomic E-state index is 5.92. The molecule has 0 aliphatic heterocycles. The monoisotopic (exact) mass is 331 g/mol. The fraction of sp³-hybridized carbons (Fsp3) is 0.667. The Labute approximate surface area is 144 Å². The lowest BCUT2D eigenvalue weighted by Gasteiger charge is -2.30. The summed E-state index contributed by atoms with van der Waals surface area (Å²) in [6.45, 7) is 6.70. The molecule has 0 unspecified atom stereocenters. The molecule has 2 saturated carbocycles. The van der Waals surface area contributed by atoms with Crippen LogP contribution in [-0.4, -0.2) is 34.8 Å². The summed E-state index contributed by atoms with van der Waals surface area (Å²) in [5.74, 6) is 1.47. The number of nitrogens with one attached hydrogen (secondary N) is 2. The molecule has 1 aromatic heterocycles. The average Bonchev–Trinajstić information content (AvgIpc) is 2.53. The van der Waals surface area contributed by atoms with Crippen molar-refractivity contribution in [3.63, 3.8) is 0 Å². The van der Waals surface area contributed by atoms with Crippen molar-refractivity contribution in [2.24, 2.45) is 5.73 Å². The number of rotatable bonds is 7. The van der Waals surface area contributed by atoms with Crippen molar-refractivity contribution in [1.29, 1.82) is 0 Å². The Bertz CT molecular complexity index is 565. The van der Waals surface area contributed by atoms with Crippen LogP contribution in [0.25, 0.3) is 5.70 Å². The first-order valence-corrected chi connectivity index (χ1v) is 9.12. The van der Waals surface area contributed by atoms with Crippen molar-refractivity contribution < 1.29 is 4.74 Å². The SMILES string of the molecule is C=C(N)c1cnc(NC2CCC2)nc1NC1CCC(OCC)CC1. The minimum absolute atomic E-state index is 0.395. The van der Waals surface area contributed by atoms with E-state index in [4.69, 9.17) is 10.5 Å². The Morgan fingerprint density at radius 1 is 1.21 bits per heavy atom. The Morgan fingerprint density at radius 3 is 2.50 bits per heavy atom. The summed E-state index contributed by atoms with van der Waals surface area (Å²) in [6, 6.07) is 0.901. The molecule has 3 rings (SSSR count). The van der Waals surface area contributed by atoms with Gasteiger partial charge >= 0.3 is 0 Å². The van der Waals surface area contributed by atoms with Crippen LogP contribution in [0, 0.1) is 0 Å². The van der Waals surface area contributed by atoms with E-state index in [0.717, 1.165) is 43.7 Å². The number of aromatic nitrogens is 2. The van der Waals surface area contributed by atoms with Crippen LogP contribution < -0.4 is 16.4 Å². The van der Waals surface area contributed by atoms with Gasteiger partial charge in [0.25, 0.3) is 0 Å². The van der Waals surface area contributed by atoms with Crippen molar-refractivity contribution >= 4 is 17.5 Å². The van der Waals surface area contributed by atoms with Crippen molar-refractivity contribution in [3.05, 3.63) is 18.3 Å². The summed E-state index contributed by atoms with van der Waals surface area (Å²) < 4.78 is 5.73. The molecule has 1 aromatic rings. The van der Waals surface area contributed by atoms with Gasteiger partial charge in [-0.3, -0.25) is 0 Å². The Balaban J connectivity index is 1.65. The molecule has 0 spiro atoms. The van der Waals surface area contributed by atoms with Crippen molar-refractivity contribution in [3.8, 4) is 0 Å². The van der Waals surface area contributed by atoms with E-state index in [2.05, 4.69) is 34.1 Å². The highest BCUT2D eigenvalue weighted by Crippen LogP contribution is 2.27. The first kappa shape index (κ1) is 17.0. The van der Waals surface area contributed by atoms with Crippen LogP contribution in [-0.2, 0) is 4.74 Å². The van der Waals surface area contributed by atoms with Crippen LogP contribution in [0.15, 0.2) is 12.8 Å². The van der Waals surface area contributed by atoms with Crippen LogP contribution in [0.5, 0.6) is 0 Å². The molecule has 1 heterocycles. The molecule has 0 aromatic carbocycles. The van der Waals surface area contributed by atoms with Gasteiger partial charge < -0.3 is 21.1 Å². The highest BCUT2D eigenvalue weighted by Gasteiger charge is 2.23. The molecular formula is C18H29N5O. The van der Waals surface area contributed by atoms with E-state index < -0.39 is 0 Å². The zero-order valence-corrected chi connectivity index (χ0v) is 14.6. The Morgan fingerprint density at radius 2 is 1.92 bits per heavy atom. The molecule has 24 heavy (non-hydrogen) atoms. The van der Waals surface area contributed by atoms with E-state index in [9.17, 15) is 0 Å². The number of hydrogen-bond donors (Lipinski definition) is 3. The zero-order chi connectivity index (χ0) is 16.9. The number of nitrogens with two attached hydrogens (primary N) is 1. The van der Waals surface area contributed by atoms with Gasteiger partial charge in [-0.1, -0.05) is 6.58 Å². The summed E-state index contributed by atoms with van der Waals surface area (Å²) in [6.07, 6.45) is 10.2. The molecule has 0 radical (unpaired) electrons. The van der Waals surface area contributed by atoms with Gasteiger partial charge in [-0.05, 0) is 51.9 Å². The van der Waals surface area contributed by atoms with Gasteiger partial charge in [0.1, 0.15) is 5.82 Å². The molecule has 0 saturated heterocycles. The number of nitrogens with zero attached hydrogens (tertiary/aromatic N) is 2. The molecule has 6 heteroatoms. The van der Waals surface area contributed by atoms with E-state index in [1.807, 2.05) is 0 Å². The average molecular weight is 331 g/mol. The van der Waals surface area contributed by atoms with Gasteiger partial charge in [0.05, 0.1) is 11.7 Å². The summed E-state index contributed by atoms with van der Waals surface area (Å²) >= 11 is 0. The van der Waals surface area contributed by atoms with E-state index in [1.165, 1.54) is 19.3 Å². The molecule has 0 amide bonds. The summed E-state index contributed by atoms with van der Waals surface area (Å²) in [5.41, 5.74) is 7.20. The predicted octanol–water partition coefficient (Wildman–Crippen LogP) is 3.13. The summed E-state index contributed by atoms with van der Waals surface area (Å²) in [4.78, 5) is 9.05. The molecular weight excluding hydrogens is 302 g/mol. The molecule has 2 fully saturated rings. The third-order valence-corrected chi connectivity index (χ3v) is 4.99. The fourth-order valence-corrected chi connectivity index (χ4v) is 3.33. The van der Waals surface area contributed by atoms with Crippen molar-refractivity contribution in [2.45, 2.75) is 70.1 Å². The highest BCUT2D eigenvalue weighted by atomic mass is 16.5. The van der Waals surface area contributed by atoms with Crippen LogP contribution in [0.2, 0.25) is 0 Å². The first-order chi connectivity index (χ1) is 11.7. The fourth-order valence-electron chi connectivity index (χ4n) is 3.33. The molecule has 2 aliphatic rings. The van der Waals surface area contributed by atoms with E-state index in [0.29, 0.717) is 29.8 Å². The normalized spacial score (nSPS) is 24.2. The third-order valence-electron chi connectivity index (χ3n) is 4.99. The topological polar surface area (TPSA) is 85.1 Å². The minimum atomic E-state index is 0.395. The van der Waals surface area contributed by atoms with Gasteiger partial charge in [-0.2, -0.15) is 4.98 Å². The predicted molar refractivity (Wildman–Crippen MR) is 97.8 cm³/mol. The second-order valence-electron chi connectivity index (χ2n) is 6.83. The maximum absolute atomic E-state index is 5.92. The lowest BCUT2D eigenvalue weighted by molar-refractivity contribution is 0.0346. The lowest BCUT2D eigenvalue weighted by atomic mass is 9.93. The van der Waals surface area contributed by atoms with E-state index >= 15 is 0 Å². The van der Waals surface area contributed by atoms with Gasteiger partial charge in [-0.25, -0.2) is 4.98 Å². The number of ether oxygens (including phenoxy) is 1. The maximum Gasteiger partial charge on any atom is 0.224 e. The van der Waals surface area contributed by atoms with Crippen LogP contribution in [0.4, 0.5) is 11.8 Å². The quantitative estimate of drug-likeness (QED) is 0.712. The molecule has 132 valence electrons. The molecule has 2 aliphatic carbocycles. The van der Waals surface area contributed by atoms with Crippen LogP contribution in [0.3, 0.4) is 0 Å². The second kappa shape index (κ2) is 7.83. The largest absolute Gasteiger partial charge is 0.399 e. The van der Waals surface area contributed by atoms with E-state index in [-0.39, 0.29) is 0 Å². The smallest absolute Gasteiger partial charge is 0.224 e. The van der Waals surface area contributed by atoms with Gasteiger partial charge in [-0.15, -0.1) is 0 Å². The van der Waals surface area contributed by atoms with Crippen molar-refractivity contribution in [1.82, 2.24) is 9.97 Å². The van der Waals surface area contributed by atoms with Crippen molar-refractivity contribution in [2.75, 3.05) is 17.2 Å². The van der Waals surface area contributed by atoms with E-state index in [1.54, 1.807) is 6.20 Å².